The minimum atomic E-state index is -0.245. The van der Waals surface area contributed by atoms with Crippen LogP contribution in [-0.4, -0.2) is 41.6 Å². The van der Waals surface area contributed by atoms with Crippen LogP contribution in [0, 0.1) is 31.5 Å². The van der Waals surface area contributed by atoms with Gasteiger partial charge in [0.25, 0.3) is 0 Å². The minimum Gasteiger partial charge on any atom is -0.373 e. The van der Waals surface area contributed by atoms with Crippen LogP contribution in [0.3, 0.4) is 0 Å². The van der Waals surface area contributed by atoms with Crippen molar-refractivity contribution in [2.45, 2.75) is 38.7 Å². The maximum Gasteiger partial charge on any atom is 0.145 e. The van der Waals surface area contributed by atoms with Crippen LogP contribution in [-0.2, 0) is 4.74 Å². The molecule has 0 radical (unpaired) electrons. The van der Waals surface area contributed by atoms with Crippen molar-refractivity contribution in [3.05, 3.63) is 46.9 Å². The summed E-state index contributed by atoms with van der Waals surface area (Å²) in [6.45, 7) is 5.25. The summed E-state index contributed by atoms with van der Waals surface area (Å²) in [7, 11) is 1.94. The molecule has 2 aliphatic rings. The lowest BCUT2D eigenvalue weighted by Crippen LogP contribution is -2.32. The molecule has 6 nitrogen and oxygen atoms in total. The highest BCUT2D eigenvalue weighted by atomic mass is 19.1. The molecule has 0 bridgehead atoms. The highest BCUT2D eigenvalue weighted by Crippen LogP contribution is 2.44. The van der Waals surface area contributed by atoms with Crippen molar-refractivity contribution in [2.24, 2.45) is 16.9 Å². The van der Waals surface area contributed by atoms with Crippen molar-refractivity contribution in [2.75, 3.05) is 20.2 Å². The zero-order chi connectivity index (χ0) is 19.0. The average Bonchev–Trinajstić information content (AvgIpc) is 3.22. The Morgan fingerprint density at radius 2 is 2.19 bits per heavy atom. The Bertz CT molecular complexity index is 818. The Morgan fingerprint density at radius 1 is 1.33 bits per heavy atom. The molecule has 144 valence electrons. The molecule has 1 saturated heterocycles. The molecule has 0 spiro atoms. The molecule has 27 heavy (non-hydrogen) atoms. The number of aromatic nitrogens is 2. The number of hydrogen-bond acceptors (Lipinski definition) is 6. The molecule has 7 heteroatoms. The van der Waals surface area contributed by atoms with Gasteiger partial charge in [-0.3, -0.25) is 9.99 Å². The van der Waals surface area contributed by atoms with Crippen molar-refractivity contribution in [1.82, 2.24) is 15.1 Å². The molecule has 3 unspecified atom stereocenters. The van der Waals surface area contributed by atoms with Gasteiger partial charge in [0.15, 0.2) is 0 Å². The van der Waals surface area contributed by atoms with E-state index in [9.17, 15) is 4.39 Å². The number of pyridine rings is 1. The molecule has 4 atom stereocenters. The van der Waals surface area contributed by atoms with E-state index in [-0.39, 0.29) is 29.7 Å². The minimum absolute atomic E-state index is 0.0354. The Balaban J connectivity index is 1.66. The third-order valence-corrected chi connectivity index (χ3v) is 5.74. The topological polar surface area (TPSA) is 63.8 Å². The van der Waals surface area contributed by atoms with E-state index < -0.39 is 0 Å². The zero-order valence-electron chi connectivity index (χ0n) is 15.9. The fraction of sp³-hybridized carbons (Fsp3) is 0.550. The van der Waals surface area contributed by atoms with Gasteiger partial charge in [-0.15, -0.1) is 0 Å². The molecule has 4 rings (SSSR count). The zero-order valence-corrected chi connectivity index (χ0v) is 15.9. The molecule has 4 heterocycles. The van der Waals surface area contributed by atoms with Gasteiger partial charge in [-0.25, -0.2) is 4.39 Å². The normalized spacial score (nSPS) is 26.5. The molecule has 0 saturated carbocycles. The van der Waals surface area contributed by atoms with E-state index in [1.165, 1.54) is 6.07 Å². The lowest BCUT2D eigenvalue weighted by Gasteiger charge is -2.36. The summed E-state index contributed by atoms with van der Waals surface area (Å²) in [5, 5.41) is 10.4. The molecule has 0 aliphatic carbocycles. The number of halogens is 1. The van der Waals surface area contributed by atoms with Crippen LogP contribution in [0.25, 0.3) is 0 Å². The summed E-state index contributed by atoms with van der Waals surface area (Å²) in [6.07, 6.45) is 5.19. The van der Waals surface area contributed by atoms with Gasteiger partial charge in [0.05, 0.1) is 17.5 Å². The van der Waals surface area contributed by atoms with Crippen molar-refractivity contribution < 1.29 is 13.7 Å². The molecule has 0 N–H and O–H groups in total. The smallest absolute Gasteiger partial charge is 0.145 e. The molecule has 0 amide bonds. The van der Waals surface area contributed by atoms with Crippen LogP contribution in [0.5, 0.6) is 0 Å². The number of rotatable bonds is 4. The predicted octanol–water partition coefficient (Wildman–Crippen LogP) is 3.62. The van der Waals surface area contributed by atoms with Gasteiger partial charge in [0.2, 0.25) is 0 Å². The van der Waals surface area contributed by atoms with Gasteiger partial charge >= 0.3 is 0 Å². The molecule has 2 aliphatic heterocycles. The van der Waals surface area contributed by atoms with Gasteiger partial charge in [-0.05, 0) is 44.7 Å². The number of ether oxygens (including phenoxy) is 1. The SMILES string of the molecule is Cc1noc(C)c1C1CC(C(c2ncccc2F)[C@H]2C=NN(C)C2)CCO1. The van der Waals surface area contributed by atoms with E-state index in [4.69, 9.17) is 9.26 Å². The number of aryl methyl sites for hydroxylation is 2. The fourth-order valence-electron chi connectivity index (χ4n) is 4.52. The highest BCUT2D eigenvalue weighted by Gasteiger charge is 2.39. The monoisotopic (exact) mass is 372 g/mol. The molecule has 1 fully saturated rings. The summed E-state index contributed by atoms with van der Waals surface area (Å²) in [5.41, 5.74) is 2.42. The first kappa shape index (κ1) is 18.1. The summed E-state index contributed by atoms with van der Waals surface area (Å²) in [6, 6.07) is 3.14. The van der Waals surface area contributed by atoms with Crippen molar-refractivity contribution >= 4 is 6.21 Å². The van der Waals surface area contributed by atoms with Gasteiger partial charge in [0.1, 0.15) is 11.6 Å². The largest absolute Gasteiger partial charge is 0.373 e. The van der Waals surface area contributed by atoms with E-state index in [0.29, 0.717) is 12.3 Å². The second kappa shape index (κ2) is 7.38. The van der Waals surface area contributed by atoms with Crippen molar-refractivity contribution in [3.8, 4) is 0 Å². The van der Waals surface area contributed by atoms with Crippen LogP contribution >= 0.6 is 0 Å². The van der Waals surface area contributed by atoms with Crippen molar-refractivity contribution in [3.63, 3.8) is 0 Å². The average molecular weight is 372 g/mol. The van der Waals surface area contributed by atoms with Crippen LogP contribution in [0.15, 0.2) is 28.0 Å². The summed E-state index contributed by atoms with van der Waals surface area (Å²) < 4.78 is 26.1. The number of hydrogen-bond donors (Lipinski definition) is 0. The fourth-order valence-corrected chi connectivity index (χ4v) is 4.52. The van der Waals surface area contributed by atoms with Gasteiger partial charge < -0.3 is 9.26 Å². The molecule has 0 aromatic carbocycles. The lowest BCUT2D eigenvalue weighted by molar-refractivity contribution is -0.0206. The third-order valence-electron chi connectivity index (χ3n) is 5.74. The predicted molar refractivity (Wildman–Crippen MR) is 98.9 cm³/mol. The summed E-state index contributed by atoms with van der Waals surface area (Å²) in [4.78, 5) is 4.42. The van der Waals surface area contributed by atoms with E-state index in [1.807, 2.05) is 32.1 Å². The van der Waals surface area contributed by atoms with E-state index in [2.05, 4.69) is 15.2 Å². The van der Waals surface area contributed by atoms with Gasteiger partial charge in [-0.1, -0.05) is 5.16 Å². The first-order chi connectivity index (χ1) is 13.0. The van der Waals surface area contributed by atoms with Gasteiger partial charge in [-0.2, -0.15) is 5.10 Å². The Labute approximate surface area is 158 Å². The van der Waals surface area contributed by atoms with Crippen LogP contribution < -0.4 is 0 Å². The molecule has 2 aromatic heterocycles. The maximum atomic E-state index is 14.7. The second-order valence-corrected chi connectivity index (χ2v) is 7.55. The third kappa shape index (κ3) is 3.48. The van der Waals surface area contributed by atoms with Crippen LogP contribution in [0.2, 0.25) is 0 Å². The molecular weight excluding hydrogens is 347 g/mol. The number of hydrazone groups is 1. The van der Waals surface area contributed by atoms with Crippen LogP contribution in [0.1, 0.15) is 47.6 Å². The van der Waals surface area contributed by atoms with E-state index in [1.54, 1.807) is 12.3 Å². The maximum absolute atomic E-state index is 14.7. The first-order valence-electron chi connectivity index (χ1n) is 9.44. The molecule has 2 aromatic rings. The summed E-state index contributed by atoms with van der Waals surface area (Å²) >= 11 is 0. The lowest BCUT2D eigenvalue weighted by atomic mass is 9.74. The van der Waals surface area contributed by atoms with E-state index in [0.717, 1.165) is 36.4 Å². The highest BCUT2D eigenvalue weighted by molar-refractivity contribution is 5.64. The Hall–Kier alpha value is -2.28. The standard InChI is InChI=1S/C20H25FN4O2/c1-12-18(13(2)27-24-12)17-9-14(6-8-26-17)19(15-10-23-25(3)11-15)20-16(21)5-4-7-22-20/h4-5,7,10,14-15,17,19H,6,8-9,11H2,1-3H3/t14?,15-,17?,19?/m0/s1. The Morgan fingerprint density at radius 3 is 2.85 bits per heavy atom. The van der Waals surface area contributed by atoms with Gasteiger partial charge in [0, 0.05) is 50.0 Å². The van der Waals surface area contributed by atoms with E-state index >= 15 is 0 Å². The van der Waals surface area contributed by atoms with Crippen LogP contribution in [0.4, 0.5) is 4.39 Å². The Kier molecular flexibility index (Phi) is 4.95. The second-order valence-electron chi connectivity index (χ2n) is 7.55. The van der Waals surface area contributed by atoms with Crippen molar-refractivity contribution in [1.29, 1.82) is 0 Å². The first-order valence-corrected chi connectivity index (χ1v) is 9.44. The molecular formula is C20H25FN4O2. The quantitative estimate of drug-likeness (QED) is 0.820. The number of nitrogens with zero attached hydrogens (tertiary/aromatic N) is 4. The summed E-state index contributed by atoms with van der Waals surface area (Å²) in [5.74, 6) is 0.885.